The minimum atomic E-state index is -3.29. The molecule has 0 aliphatic heterocycles. The number of rotatable bonds is 6. The van der Waals surface area contributed by atoms with Gasteiger partial charge in [-0.25, -0.2) is 13.4 Å². The smallest absolute Gasteiger partial charge is 0.232 e. The van der Waals surface area contributed by atoms with Crippen molar-refractivity contribution in [1.29, 1.82) is 0 Å². The molecular formula is C15H16N2O4S. The minimum absolute atomic E-state index is 0.0114. The molecule has 7 heteroatoms. The number of aldehydes is 1. The molecule has 0 aliphatic rings. The number of aromatic nitrogens is 1. The van der Waals surface area contributed by atoms with Crippen molar-refractivity contribution in [3.8, 4) is 11.6 Å². The van der Waals surface area contributed by atoms with E-state index in [4.69, 9.17) is 4.74 Å². The molecular weight excluding hydrogens is 304 g/mol. The van der Waals surface area contributed by atoms with Crippen molar-refractivity contribution in [3.63, 3.8) is 0 Å². The lowest BCUT2D eigenvalue weighted by Crippen LogP contribution is -2.14. The van der Waals surface area contributed by atoms with Gasteiger partial charge in [-0.15, -0.1) is 0 Å². The maximum absolute atomic E-state index is 11.5. The molecule has 1 aromatic carbocycles. The number of hydrogen-bond donors (Lipinski definition) is 1. The molecule has 1 aromatic heterocycles. The van der Waals surface area contributed by atoms with Gasteiger partial charge in [0.2, 0.25) is 15.9 Å². The Balaban J connectivity index is 2.11. The molecule has 0 amide bonds. The highest BCUT2D eigenvalue weighted by molar-refractivity contribution is 7.92. The average Bonchev–Trinajstić information content (AvgIpc) is 2.49. The predicted molar refractivity (Wildman–Crippen MR) is 84.0 cm³/mol. The summed E-state index contributed by atoms with van der Waals surface area (Å²) in [6.45, 7) is 3.29. The van der Waals surface area contributed by atoms with E-state index in [9.17, 15) is 13.2 Å². The van der Waals surface area contributed by atoms with Crippen LogP contribution in [0.3, 0.4) is 0 Å². The van der Waals surface area contributed by atoms with Crippen molar-refractivity contribution in [2.24, 2.45) is 0 Å². The van der Waals surface area contributed by atoms with Crippen LogP contribution in [-0.2, 0) is 10.0 Å². The standard InChI is InChI=1S/C15H16N2O4S/c1-3-22(19,20)17-13-5-7-14(8-6-13)21-15-9-4-12(10-18)11(2)16-15/h4-10,17H,3H2,1-2H3. The van der Waals surface area contributed by atoms with Gasteiger partial charge in [0.15, 0.2) is 6.29 Å². The minimum Gasteiger partial charge on any atom is -0.439 e. The topological polar surface area (TPSA) is 85.4 Å². The molecule has 0 atom stereocenters. The fourth-order valence-corrected chi connectivity index (χ4v) is 2.33. The van der Waals surface area contributed by atoms with Gasteiger partial charge in [0.05, 0.1) is 11.4 Å². The van der Waals surface area contributed by atoms with Crippen LogP contribution in [0, 0.1) is 6.92 Å². The molecule has 0 saturated carbocycles. The zero-order valence-corrected chi connectivity index (χ0v) is 13.1. The Morgan fingerprint density at radius 2 is 1.86 bits per heavy atom. The largest absolute Gasteiger partial charge is 0.439 e. The van der Waals surface area contributed by atoms with E-state index in [1.165, 1.54) is 0 Å². The quantitative estimate of drug-likeness (QED) is 0.827. The number of anilines is 1. The molecule has 0 saturated heterocycles. The zero-order chi connectivity index (χ0) is 16.2. The summed E-state index contributed by atoms with van der Waals surface area (Å²) in [5, 5.41) is 0. The molecule has 0 spiro atoms. The lowest BCUT2D eigenvalue weighted by molar-refractivity contribution is 0.112. The highest BCUT2D eigenvalue weighted by atomic mass is 32.2. The molecule has 2 aromatic rings. The van der Waals surface area contributed by atoms with E-state index < -0.39 is 10.0 Å². The highest BCUT2D eigenvalue weighted by Crippen LogP contribution is 2.22. The van der Waals surface area contributed by atoms with Gasteiger partial charge in [-0.1, -0.05) is 0 Å². The van der Waals surface area contributed by atoms with E-state index in [-0.39, 0.29) is 5.75 Å². The summed E-state index contributed by atoms with van der Waals surface area (Å²) in [6, 6.07) is 9.72. The highest BCUT2D eigenvalue weighted by Gasteiger charge is 2.07. The molecule has 6 nitrogen and oxygen atoms in total. The Morgan fingerprint density at radius 3 is 2.41 bits per heavy atom. The normalized spacial score (nSPS) is 11.0. The third kappa shape index (κ3) is 4.05. The van der Waals surface area contributed by atoms with Crippen LogP contribution < -0.4 is 9.46 Å². The summed E-state index contributed by atoms with van der Waals surface area (Å²) >= 11 is 0. The molecule has 1 N–H and O–H groups in total. The summed E-state index contributed by atoms with van der Waals surface area (Å²) in [5.74, 6) is 0.896. The third-order valence-electron chi connectivity index (χ3n) is 2.96. The predicted octanol–water partition coefficient (Wildman–Crippen LogP) is 2.76. The first kappa shape index (κ1) is 16.0. The number of nitrogens with one attached hydrogen (secondary N) is 1. The van der Waals surface area contributed by atoms with Crippen LogP contribution in [0.4, 0.5) is 5.69 Å². The lowest BCUT2D eigenvalue weighted by Gasteiger charge is -2.08. The van der Waals surface area contributed by atoms with Crippen LogP contribution in [0.1, 0.15) is 23.0 Å². The zero-order valence-electron chi connectivity index (χ0n) is 12.2. The van der Waals surface area contributed by atoms with E-state index in [0.29, 0.717) is 28.6 Å². The van der Waals surface area contributed by atoms with Gasteiger partial charge in [0.1, 0.15) is 5.75 Å². The van der Waals surface area contributed by atoms with E-state index in [0.717, 1.165) is 6.29 Å². The van der Waals surface area contributed by atoms with Crippen LogP contribution in [0.15, 0.2) is 36.4 Å². The van der Waals surface area contributed by atoms with Gasteiger partial charge in [0.25, 0.3) is 0 Å². The Bertz CT molecular complexity index is 771. The molecule has 116 valence electrons. The second-order valence-corrected chi connectivity index (χ2v) is 6.58. The van der Waals surface area contributed by atoms with Gasteiger partial charge < -0.3 is 4.74 Å². The van der Waals surface area contributed by atoms with E-state index in [1.54, 1.807) is 50.2 Å². The first-order valence-electron chi connectivity index (χ1n) is 6.65. The number of hydrogen-bond acceptors (Lipinski definition) is 5. The van der Waals surface area contributed by atoms with Crippen molar-refractivity contribution >= 4 is 22.0 Å². The number of pyridine rings is 1. The molecule has 2 rings (SSSR count). The number of nitrogens with zero attached hydrogens (tertiary/aromatic N) is 1. The summed E-state index contributed by atoms with van der Waals surface area (Å²) in [6.07, 6.45) is 0.737. The van der Waals surface area contributed by atoms with Gasteiger partial charge in [-0.2, -0.15) is 0 Å². The van der Waals surface area contributed by atoms with Crippen LogP contribution in [0.2, 0.25) is 0 Å². The summed E-state index contributed by atoms with van der Waals surface area (Å²) < 4.78 is 30.9. The average molecular weight is 320 g/mol. The molecule has 0 bridgehead atoms. The second kappa shape index (κ2) is 6.57. The van der Waals surface area contributed by atoms with Crippen LogP contribution in [0.25, 0.3) is 0 Å². The van der Waals surface area contributed by atoms with Crippen molar-refractivity contribution in [1.82, 2.24) is 4.98 Å². The Hall–Kier alpha value is -2.41. The molecule has 1 heterocycles. The number of ether oxygens (including phenoxy) is 1. The molecule has 0 fully saturated rings. The second-order valence-electron chi connectivity index (χ2n) is 4.57. The van der Waals surface area contributed by atoms with Gasteiger partial charge in [-0.3, -0.25) is 9.52 Å². The molecule has 0 radical (unpaired) electrons. The van der Waals surface area contributed by atoms with E-state index in [2.05, 4.69) is 9.71 Å². The fourth-order valence-electron chi connectivity index (χ4n) is 1.69. The molecule has 22 heavy (non-hydrogen) atoms. The maximum Gasteiger partial charge on any atom is 0.232 e. The number of carbonyl (C=O) groups excluding carboxylic acids is 1. The Morgan fingerprint density at radius 1 is 1.18 bits per heavy atom. The van der Waals surface area contributed by atoms with Crippen LogP contribution in [0.5, 0.6) is 11.6 Å². The number of carbonyl (C=O) groups is 1. The van der Waals surface area contributed by atoms with Crippen molar-refractivity contribution in [2.75, 3.05) is 10.5 Å². The summed E-state index contributed by atoms with van der Waals surface area (Å²) in [7, 11) is -3.29. The maximum atomic E-state index is 11.5. The van der Waals surface area contributed by atoms with Gasteiger partial charge in [-0.05, 0) is 44.2 Å². The summed E-state index contributed by atoms with van der Waals surface area (Å²) in [5.41, 5.74) is 1.56. The van der Waals surface area contributed by atoms with Gasteiger partial charge in [0, 0.05) is 17.3 Å². The van der Waals surface area contributed by atoms with Crippen molar-refractivity contribution in [3.05, 3.63) is 47.7 Å². The first-order valence-corrected chi connectivity index (χ1v) is 8.30. The van der Waals surface area contributed by atoms with Crippen LogP contribution >= 0.6 is 0 Å². The lowest BCUT2D eigenvalue weighted by atomic mass is 10.2. The van der Waals surface area contributed by atoms with Crippen molar-refractivity contribution in [2.45, 2.75) is 13.8 Å². The van der Waals surface area contributed by atoms with Gasteiger partial charge >= 0.3 is 0 Å². The third-order valence-corrected chi connectivity index (χ3v) is 4.27. The SMILES string of the molecule is CCS(=O)(=O)Nc1ccc(Oc2ccc(C=O)c(C)n2)cc1. The van der Waals surface area contributed by atoms with Crippen molar-refractivity contribution < 1.29 is 17.9 Å². The number of benzene rings is 1. The van der Waals surface area contributed by atoms with E-state index >= 15 is 0 Å². The van der Waals surface area contributed by atoms with Crippen LogP contribution in [-0.4, -0.2) is 25.4 Å². The number of sulfonamides is 1. The molecule has 0 aliphatic carbocycles. The molecule has 0 unspecified atom stereocenters. The fraction of sp³-hybridized carbons (Fsp3) is 0.200. The Labute approximate surface area is 129 Å². The summed E-state index contributed by atoms with van der Waals surface area (Å²) in [4.78, 5) is 14.9. The monoisotopic (exact) mass is 320 g/mol. The number of aryl methyl sites for hydroxylation is 1. The Kier molecular flexibility index (Phi) is 4.77. The van der Waals surface area contributed by atoms with E-state index in [1.807, 2.05) is 0 Å². The first-order chi connectivity index (χ1) is 10.4.